The van der Waals surface area contributed by atoms with E-state index in [9.17, 15) is 0 Å². The number of fused-ring (bicyclic) bond motifs is 1. The Kier molecular flexibility index (Phi) is 2.79. The van der Waals surface area contributed by atoms with Crippen molar-refractivity contribution in [3.05, 3.63) is 35.4 Å². The topological polar surface area (TPSA) is 12.0 Å². The van der Waals surface area contributed by atoms with Crippen molar-refractivity contribution in [2.75, 3.05) is 6.54 Å². The number of hydrogen-bond acceptors (Lipinski definition) is 1. The number of hydrogen-bond donors (Lipinski definition) is 1. The molecule has 1 aromatic carbocycles. The van der Waals surface area contributed by atoms with Crippen LogP contribution in [0.2, 0.25) is 0 Å². The van der Waals surface area contributed by atoms with Crippen LogP contribution in [-0.2, 0) is 6.42 Å². The number of aryl methyl sites for hydroxylation is 1. The van der Waals surface area contributed by atoms with Crippen LogP contribution < -0.4 is 5.32 Å². The average molecular weight is 269 g/mol. The summed E-state index contributed by atoms with van der Waals surface area (Å²) in [6.07, 6.45) is 8.48. The molecule has 2 fully saturated rings. The molecule has 0 radical (unpaired) electrons. The monoisotopic (exact) mass is 269 g/mol. The Bertz CT molecular complexity index is 508. The van der Waals surface area contributed by atoms with Gasteiger partial charge < -0.3 is 5.32 Å². The van der Waals surface area contributed by atoms with Crippen LogP contribution in [0.15, 0.2) is 24.3 Å². The second-order valence-corrected chi connectivity index (χ2v) is 8.14. The number of rotatable bonds is 4. The number of benzene rings is 1. The van der Waals surface area contributed by atoms with E-state index in [1.807, 2.05) is 0 Å². The van der Waals surface area contributed by atoms with Gasteiger partial charge in [0.05, 0.1) is 0 Å². The molecule has 0 heterocycles. The lowest BCUT2D eigenvalue weighted by Gasteiger charge is -2.41. The summed E-state index contributed by atoms with van der Waals surface area (Å²) in [6, 6.07) is 9.63. The van der Waals surface area contributed by atoms with E-state index in [2.05, 4.69) is 43.4 Å². The highest BCUT2D eigenvalue weighted by Gasteiger charge is 2.53. The molecule has 4 rings (SSSR count). The van der Waals surface area contributed by atoms with Crippen LogP contribution in [0.4, 0.5) is 0 Å². The van der Waals surface area contributed by atoms with Gasteiger partial charge in [-0.05, 0) is 66.4 Å². The Hall–Kier alpha value is -0.820. The van der Waals surface area contributed by atoms with Crippen LogP contribution in [-0.4, -0.2) is 6.54 Å². The fourth-order valence-corrected chi connectivity index (χ4v) is 4.34. The third-order valence-electron chi connectivity index (χ3n) is 6.18. The van der Waals surface area contributed by atoms with Gasteiger partial charge >= 0.3 is 0 Å². The van der Waals surface area contributed by atoms with Crippen LogP contribution in [0.1, 0.15) is 63.1 Å². The zero-order valence-corrected chi connectivity index (χ0v) is 12.9. The van der Waals surface area contributed by atoms with Crippen LogP contribution in [0.3, 0.4) is 0 Å². The Morgan fingerprint density at radius 3 is 2.55 bits per heavy atom. The normalized spacial score (nSPS) is 29.8. The van der Waals surface area contributed by atoms with E-state index in [1.54, 1.807) is 11.1 Å². The molecule has 20 heavy (non-hydrogen) atoms. The van der Waals surface area contributed by atoms with E-state index in [0.717, 1.165) is 5.92 Å². The van der Waals surface area contributed by atoms with Gasteiger partial charge in [0.1, 0.15) is 0 Å². The Morgan fingerprint density at radius 1 is 1.10 bits per heavy atom. The molecule has 0 saturated heterocycles. The van der Waals surface area contributed by atoms with E-state index in [0.29, 0.717) is 16.9 Å². The molecular formula is C19H27N. The molecule has 1 heteroatoms. The van der Waals surface area contributed by atoms with Crippen LogP contribution in [0, 0.1) is 16.7 Å². The van der Waals surface area contributed by atoms with Gasteiger partial charge in [0, 0.05) is 12.6 Å². The fourth-order valence-electron chi connectivity index (χ4n) is 4.34. The third kappa shape index (κ3) is 2.11. The minimum atomic E-state index is 0.383. The van der Waals surface area contributed by atoms with Crippen molar-refractivity contribution in [1.29, 1.82) is 0 Å². The quantitative estimate of drug-likeness (QED) is 0.850. The predicted octanol–water partition coefficient (Wildman–Crippen LogP) is 4.48. The first-order chi connectivity index (χ1) is 9.61. The first kappa shape index (κ1) is 12.9. The Balaban J connectivity index is 1.55. The highest BCUT2D eigenvalue weighted by molar-refractivity contribution is 5.34. The van der Waals surface area contributed by atoms with E-state index < -0.39 is 0 Å². The van der Waals surface area contributed by atoms with Gasteiger partial charge in [0.2, 0.25) is 0 Å². The second-order valence-electron chi connectivity index (χ2n) is 8.14. The van der Waals surface area contributed by atoms with Gasteiger partial charge in [-0.2, -0.15) is 0 Å². The van der Waals surface area contributed by atoms with Crippen molar-refractivity contribution >= 4 is 0 Å². The Labute approximate surface area is 123 Å². The molecule has 0 spiro atoms. The highest BCUT2D eigenvalue weighted by Crippen LogP contribution is 2.61. The highest BCUT2D eigenvalue weighted by atomic mass is 15.0. The maximum absolute atomic E-state index is 3.99. The van der Waals surface area contributed by atoms with Gasteiger partial charge in [-0.3, -0.25) is 0 Å². The molecule has 0 aliphatic heterocycles. The standard InChI is InChI=1S/C19H27N/c1-18(2)10-9-14-5-3-4-6-16(14)17(18)20-13-19(11-12-19)15-7-8-15/h3-6,15,17,20H,7-13H2,1-2H3. The van der Waals surface area contributed by atoms with E-state index in [-0.39, 0.29) is 0 Å². The van der Waals surface area contributed by atoms with Gasteiger partial charge in [-0.25, -0.2) is 0 Å². The maximum Gasteiger partial charge on any atom is 0.0374 e. The van der Waals surface area contributed by atoms with Gasteiger partial charge in [0.25, 0.3) is 0 Å². The molecule has 2 saturated carbocycles. The summed E-state index contributed by atoms with van der Waals surface area (Å²) in [5.41, 5.74) is 4.21. The van der Waals surface area contributed by atoms with E-state index in [4.69, 9.17) is 0 Å². The van der Waals surface area contributed by atoms with Gasteiger partial charge in [-0.1, -0.05) is 38.1 Å². The molecule has 1 unspecified atom stereocenters. The summed E-state index contributed by atoms with van der Waals surface area (Å²) in [4.78, 5) is 0. The summed E-state index contributed by atoms with van der Waals surface area (Å²) >= 11 is 0. The van der Waals surface area contributed by atoms with Gasteiger partial charge in [0.15, 0.2) is 0 Å². The fraction of sp³-hybridized carbons (Fsp3) is 0.684. The van der Waals surface area contributed by atoms with Crippen molar-refractivity contribution in [2.24, 2.45) is 16.7 Å². The first-order valence-corrected chi connectivity index (χ1v) is 8.42. The summed E-state index contributed by atoms with van der Waals surface area (Å²) in [5, 5.41) is 3.99. The summed E-state index contributed by atoms with van der Waals surface area (Å²) in [7, 11) is 0. The summed E-state index contributed by atoms with van der Waals surface area (Å²) in [5.74, 6) is 1.05. The molecular weight excluding hydrogens is 242 g/mol. The molecule has 1 atom stereocenters. The zero-order valence-electron chi connectivity index (χ0n) is 12.9. The molecule has 1 N–H and O–H groups in total. The lowest BCUT2D eigenvalue weighted by atomic mass is 9.70. The molecule has 3 aliphatic carbocycles. The molecule has 0 amide bonds. The molecule has 0 aromatic heterocycles. The van der Waals surface area contributed by atoms with E-state index in [1.165, 1.54) is 45.1 Å². The smallest absolute Gasteiger partial charge is 0.0374 e. The van der Waals surface area contributed by atoms with Crippen molar-refractivity contribution < 1.29 is 0 Å². The van der Waals surface area contributed by atoms with E-state index >= 15 is 0 Å². The third-order valence-corrected chi connectivity index (χ3v) is 6.18. The minimum absolute atomic E-state index is 0.383. The maximum atomic E-state index is 3.99. The summed E-state index contributed by atoms with van der Waals surface area (Å²) < 4.78 is 0. The Morgan fingerprint density at radius 2 is 1.85 bits per heavy atom. The molecule has 1 aromatic rings. The summed E-state index contributed by atoms with van der Waals surface area (Å²) in [6.45, 7) is 6.13. The van der Waals surface area contributed by atoms with Crippen molar-refractivity contribution in [3.8, 4) is 0 Å². The van der Waals surface area contributed by atoms with Crippen molar-refractivity contribution in [1.82, 2.24) is 5.32 Å². The minimum Gasteiger partial charge on any atom is -0.309 e. The van der Waals surface area contributed by atoms with Crippen molar-refractivity contribution in [3.63, 3.8) is 0 Å². The SMILES string of the molecule is CC1(C)CCc2ccccc2C1NCC1(C2CC2)CC1. The lowest BCUT2D eigenvalue weighted by molar-refractivity contribution is 0.195. The van der Waals surface area contributed by atoms with Crippen LogP contribution in [0.5, 0.6) is 0 Å². The van der Waals surface area contributed by atoms with Crippen LogP contribution in [0.25, 0.3) is 0 Å². The molecule has 108 valence electrons. The average Bonchev–Trinajstić information content (AvgIpc) is 3.29. The second kappa shape index (κ2) is 4.34. The largest absolute Gasteiger partial charge is 0.309 e. The molecule has 3 aliphatic rings. The lowest BCUT2D eigenvalue weighted by Crippen LogP contribution is -2.40. The predicted molar refractivity (Wildman–Crippen MR) is 83.7 cm³/mol. The van der Waals surface area contributed by atoms with Crippen molar-refractivity contribution in [2.45, 2.75) is 58.4 Å². The molecule has 1 nitrogen and oxygen atoms in total. The first-order valence-electron chi connectivity index (χ1n) is 8.42. The van der Waals surface area contributed by atoms with Gasteiger partial charge in [-0.15, -0.1) is 0 Å². The zero-order chi connectivity index (χ0) is 13.8. The molecule has 0 bridgehead atoms. The van der Waals surface area contributed by atoms with Crippen LogP contribution >= 0.6 is 0 Å². The number of nitrogens with one attached hydrogen (secondary N) is 1.